The molecule has 7 nitrogen and oxygen atoms in total. The Morgan fingerprint density at radius 1 is 1.40 bits per heavy atom. The van der Waals surface area contributed by atoms with E-state index in [2.05, 4.69) is 5.32 Å². The van der Waals surface area contributed by atoms with Crippen LogP contribution >= 0.6 is 0 Å². The van der Waals surface area contributed by atoms with Crippen LogP contribution in [0.1, 0.15) is 13.8 Å². The Labute approximate surface area is 118 Å². The van der Waals surface area contributed by atoms with Crippen LogP contribution in [0.15, 0.2) is 0 Å². The summed E-state index contributed by atoms with van der Waals surface area (Å²) in [7, 11) is 3.18. The average molecular weight is 285 g/mol. The number of urea groups is 1. The summed E-state index contributed by atoms with van der Waals surface area (Å²) in [6.45, 7) is 4.55. The largest absolute Gasteiger partial charge is 0.481 e. The van der Waals surface area contributed by atoms with Crippen molar-refractivity contribution in [2.45, 2.75) is 13.8 Å². The van der Waals surface area contributed by atoms with Crippen molar-refractivity contribution in [3.63, 3.8) is 0 Å². The van der Waals surface area contributed by atoms with Gasteiger partial charge in [0.2, 0.25) is 5.91 Å². The minimum atomic E-state index is -0.866. The van der Waals surface area contributed by atoms with Gasteiger partial charge in [0, 0.05) is 33.7 Å². The monoisotopic (exact) mass is 285 g/mol. The number of carboxylic acids is 1. The Bertz CT molecular complexity index is 399. The Hall–Kier alpha value is -1.79. The molecule has 0 spiro atoms. The summed E-state index contributed by atoms with van der Waals surface area (Å²) in [6.07, 6.45) is 0. The molecular weight excluding hydrogens is 262 g/mol. The van der Waals surface area contributed by atoms with Gasteiger partial charge in [-0.1, -0.05) is 13.8 Å². The van der Waals surface area contributed by atoms with E-state index in [-0.39, 0.29) is 30.3 Å². The second-order valence-electron chi connectivity index (χ2n) is 5.51. The normalized spacial score (nSPS) is 23.3. The van der Waals surface area contributed by atoms with Gasteiger partial charge in [-0.15, -0.1) is 0 Å². The Balaban J connectivity index is 2.58. The van der Waals surface area contributed by atoms with Gasteiger partial charge in [0.05, 0.1) is 11.8 Å². The summed E-state index contributed by atoms with van der Waals surface area (Å²) >= 11 is 0. The number of carbonyl (C=O) groups excluding carboxylic acids is 2. The molecule has 0 saturated carbocycles. The Morgan fingerprint density at radius 3 is 2.45 bits per heavy atom. The minimum absolute atomic E-state index is 0.0544. The van der Waals surface area contributed by atoms with Crippen LogP contribution in [0.4, 0.5) is 4.79 Å². The number of likely N-dealkylation sites (tertiary alicyclic amines) is 1. The molecule has 0 aromatic heterocycles. The third-order valence-corrected chi connectivity index (χ3v) is 3.77. The molecule has 1 aliphatic heterocycles. The van der Waals surface area contributed by atoms with Gasteiger partial charge in [0.1, 0.15) is 0 Å². The Morgan fingerprint density at radius 2 is 2.00 bits per heavy atom. The third kappa shape index (κ3) is 3.61. The zero-order valence-electron chi connectivity index (χ0n) is 12.4. The highest BCUT2D eigenvalue weighted by Crippen LogP contribution is 2.24. The molecule has 3 unspecified atom stereocenters. The highest BCUT2D eigenvalue weighted by Gasteiger charge is 2.38. The highest BCUT2D eigenvalue weighted by molar-refractivity contribution is 5.80. The second kappa shape index (κ2) is 6.58. The molecule has 0 aliphatic carbocycles. The van der Waals surface area contributed by atoms with Crippen molar-refractivity contribution < 1.29 is 19.5 Å². The summed E-state index contributed by atoms with van der Waals surface area (Å²) in [6, 6.07) is -0.226. The van der Waals surface area contributed by atoms with Crippen LogP contribution < -0.4 is 5.32 Å². The van der Waals surface area contributed by atoms with Crippen molar-refractivity contribution in [1.29, 1.82) is 0 Å². The predicted octanol–water partition coefficient (Wildman–Crippen LogP) is 0.0728. The van der Waals surface area contributed by atoms with Gasteiger partial charge in [-0.25, -0.2) is 4.79 Å². The average Bonchev–Trinajstić information content (AvgIpc) is 2.78. The number of hydrogen-bond acceptors (Lipinski definition) is 3. The number of carbonyl (C=O) groups is 3. The van der Waals surface area contributed by atoms with Crippen LogP contribution in [-0.2, 0) is 9.59 Å². The molecule has 3 atom stereocenters. The molecular formula is C13H23N3O4. The van der Waals surface area contributed by atoms with Crippen molar-refractivity contribution in [2.24, 2.45) is 17.8 Å². The van der Waals surface area contributed by atoms with E-state index in [0.717, 1.165) is 0 Å². The van der Waals surface area contributed by atoms with E-state index in [4.69, 9.17) is 5.11 Å². The van der Waals surface area contributed by atoms with Crippen LogP contribution in [0, 0.1) is 17.8 Å². The standard InChI is InChI=1S/C13H23N3O4/c1-8-6-16(7-10(8)12(18)19)13(20)15(4)5-9(2)11(17)14-3/h8-10H,5-7H2,1-4H3,(H,14,17)(H,18,19). The van der Waals surface area contributed by atoms with Gasteiger partial charge >= 0.3 is 12.0 Å². The number of aliphatic carboxylic acids is 1. The predicted molar refractivity (Wildman–Crippen MR) is 73.1 cm³/mol. The van der Waals surface area contributed by atoms with Gasteiger partial charge in [-0.2, -0.15) is 0 Å². The molecule has 114 valence electrons. The maximum absolute atomic E-state index is 12.2. The summed E-state index contributed by atoms with van der Waals surface area (Å²) in [5.41, 5.74) is 0. The molecule has 2 N–H and O–H groups in total. The van der Waals surface area contributed by atoms with Crippen molar-refractivity contribution in [1.82, 2.24) is 15.1 Å². The lowest BCUT2D eigenvalue weighted by molar-refractivity contribution is -0.142. The van der Waals surface area contributed by atoms with Crippen molar-refractivity contribution in [3.8, 4) is 0 Å². The first-order valence-corrected chi connectivity index (χ1v) is 6.72. The van der Waals surface area contributed by atoms with Gasteiger partial charge in [0.15, 0.2) is 0 Å². The molecule has 20 heavy (non-hydrogen) atoms. The minimum Gasteiger partial charge on any atom is -0.481 e. The van der Waals surface area contributed by atoms with Crippen molar-refractivity contribution in [3.05, 3.63) is 0 Å². The number of hydrogen-bond donors (Lipinski definition) is 2. The lowest BCUT2D eigenvalue weighted by Crippen LogP contribution is -2.44. The van der Waals surface area contributed by atoms with Crippen LogP contribution in [0.5, 0.6) is 0 Å². The molecule has 0 radical (unpaired) electrons. The van der Waals surface area contributed by atoms with Crippen LogP contribution in [0.2, 0.25) is 0 Å². The molecule has 1 aliphatic rings. The van der Waals surface area contributed by atoms with E-state index in [9.17, 15) is 14.4 Å². The molecule has 1 saturated heterocycles. The fraction of sp³-hybridized carbons (Fsp3) is 0.769. The SMILES string of the molecule is CNC(=O)C(C)CN(C)C(=O)N1CC(C)C(C(=O)O)C1. The van der Waals surface area contributed by atoms with E-state index >= 15 is 0 Å². The van der Waals surface area contributed by atoms with E-state index < -0.39 is 11.9 Å². The molecule has 7 heteroatoms. The molecule has 3 amide bonds. The van der Waals surface area contributed by atoms with Gasteiger partial charge < -0.3 is 20.2 Å². The van der Waals surface area contributed by atoms with Crippen LogP contribution in [0.25, 0.3) is 0 Å². The zero-order valence-corrected chi connectivity index (χ0v) is 12.4. The van der Waals surface area contributed by atoms with E-state index in [1.54, 1.807) is 25.9 Å². The lowest BCUT2D eigenvalue weighted by atomic mass is 9.99. The number of nitrogens with zero attached hydrogens (tertiary/aromatic N) is 2. The number of amides is 3. The van der Waals surface area contributed by atoms with Gasteiger partial charge in [-0.05, 0) is 5.92 Å². The van der Waals surface area contributed by atoms with Crippen LogP contribution in [0.3, 0.4) is 0 Å². The maximum atomic E-state index is 12.2. The number of rotatable bonds is 4. The second-order valence-corrected chi connectivity index (χ2v) is 5.51. The number of carboxylic acid groups (broad SMARTS) is 1. The molecule has 0 aromatic carbocycles. The molecule has 0 bridgehead atoms. The first kappa shape index (κ1) is 16.3. The molecule has 1 fully saturated rings. The fourth-order valence-corrected chi connectivity index (χ4v) is 2.50. The van der Waals surface area contributed by atoms with Gasteiger partial charge in [0.25, 0.3) is 0 Å². The van der Waals surface area contributed by atoms with Crippen molar-refractivity contribution in [2.75, 3.05) is 33.7 Å². The smallest absolute Gasteiger partial charge is 0.319 e. The lowest BCUT2D eigenvalue weighted by Gasteiger charge is -2.26. The van der Waals surface area contributed by atoms with Gasteiger partial charge in [-0.3, -0.25) is 9.59 Å². The highest BCUT2D eigenvalue weighted by atomic mass is 16.4. The summed E-state index contributed by atoms with van der Waals surface area (Å²) < 4.78 is 0. The summed E-state index contributed by atoms with van der Waals surface area (Å²) in [5.74, 6) is -1.86. The molecule has 0 aromatic rings. The topological polar surface area (TPSA) is 90.0 Å². The maximum Gasteiger partial charge on any atom is 0.319 e. The van der Waals surface area contributed by atoms with Crippen LogP contribution in [-0.4, -0.2) is 66.5 Å². The first-order chi connectivity index (χ1) is 9.27. The summed E-state index contributed by atoms with van der Waals surface area (Å²) in [5, 5.41) is 11.6. The third-order valence-electron chi connectivity index (χ3n) is 3.77. The van der Waals surface area contributed by atoms with E-state index in [1.165, 1.54) is 4.90 Å². The molecule has 1 rings (SSSR count). The Kier molecular flexibility index (Phi) is 5.35. The summed E-state index contributed by atoms with van der Waals surface area (Å²) in [4.78, 5) is 37.7. The van der Waals surface area contributed by atoms with Crippen molar-refractivity contribution >= 4 is 17.9 Å². The quantitative estimate of drug-likeness (QED) is 0.765. The first-order valence-electron chi connectivity index (χ1n) is 6.72. The number of nitrogens with one attached hydrogen (secondary N) is 1. The molecule has 1 heterocycles. The zero-order chi connectivity index (χ0) is 15.4. The van der Waals surface area contributed by atoms with E-state index in [1.807, 2.05) is 6.92 Å². The fourth-order valence-electron chi connectivity index (χ4n) is 2.50. The van der Waals surface area contributed by atoms with E-state index in [0.29, 0.717) is 13.1 Å².